The van der Waals surface area contributed by atoms with E-state index >= 15 is 0 Å². The van der Waals surface area contributed by atoms with E-state index in [1.165, 1.54) is 25.9 Å². The van der Waals surface area contributed by atoms with Gasteiger partial charge in [-0.25, -0.2) is 0 Å². The Balaban J connectivity index is 2.88. The van der Waals surface area contributed by atoms with Gasteiger partial charge in [-0.2, -0.15) is 12.6 Å². The number of nitrogens with zero attached hydrogens (tertiary/aromatic N) is 1. The molecule has 1 fully saturated rings. The molecular formula is C14H29NS. The van der Waals surface area contributed by atoms with Crippen LogP contribution in [0.2, 0.25) is 0 Å². The lowest BCUT2D eigenvalue weighted by Gasteiger charge is -2.44. The Bertz CT molecular complexity index is 242. The van der Waals surface area contributed by atoms with Crippen molar-refractivity contribution in [2.24, 2.45) is 10.8 Å². The summed E-state index contributed by atoms with van der Waals surface area (Å²) in [5.74, 6) is 0.985. The molecule has 1 nitrogen and oxygen atoms in total. The topological polar surface area (TPSA) is 3.24 Å². The second-order valence-corrected chi connectivity index (χ2v) is 7.33. The molecule has 1 aliphatic heterocycles. The molecule has 16 heavy (non-hydrogen) atoms. The van der Waals surface area contributed by atoms with Crippen LogP contribution in [0.3, 0.4) is 0 Å². The first kappa shape index (κ1) is 14.4. The van der Waals surface area contributed by atoms with E-state index in [-0.39, 0.29) is 0 Å². The van der Waals surface area contributed by atoms with E-state index in [0.29, 0.717) is 16.4 Å². The summed E-state index contributed by atoms with van der Waals surface area (Å²) >= 11 is 4.57. The molecule has 0 bridgehead atoms. The Labute approximate surface area is 107 Å². The fourth-order valence-corrected chi connectivity index (χ4v) is 3.27. The van der Waals surface area contributed by atoms with Crippen molar-refractivity contribution in [3.05, 3.63) is 0 Å². The molecule has 0 aromatic carbocycles. The van der Waals surface area contributed by atoms with Gasteiger partial charge >= 0.3 is 0 Å². The van der Waals surface area contributed by atoms with E-state index in [1.807, 2.05) is 0 Å². The molecular weight excluding hydrogens is 214 g/mol. The highest BCUT2D eigenvalue weighted by Gasteiger charge is 2.48. The van der Waals surface area contributed by atoms with Crippen molar-refractivity contribution < 1.29 is 0 Å². The molecule has 1 atom stereocenters. The summed E-state index contributed by atoms with van der Waals surface area (Å²) < 4.78 is 0. The third kappa shape index (κ3) is 2.43. The van der Waals surface area contributed by atoms with Crippen LogP contribution >= 0.6 is 12.6 Å². The van der Waals surface area contributed by atoms with Gasteiger partial charge in [0.1, 0.15) is 0 Å². The smallest absolute Gasteiger partial charge is 0.0125 e. The van der Waals surface area contributed by atoms with Crippen LogP contribution < -0.4 is 0 Å². The van der Waals surface area contributed by atoms with Crippen molar-refractivity contribution in [3.8, 4) is 0 Å². The van der Waals surface area contributed by atoms with Crippen LogP contribution in [0.25, 0.3) is 0 Å². The Morgan fingerprint density at radius 3 is 2.06 bits per heavy atom. The highest BCUT2D eigenvalue weighted by atomic mass is 32.1. The maximum atomic E-state index is 4.57. The molecule has 0 amide bonds. The summed E-state index contributed by atoms with van der Waals surface area (Å²) in [6, 6.07) is 0. The first-order chi connectivity index (χ1) is 7.18. The average Bonchev–Trinajstić information content (AvgIpc) is 2.62. The third-order valence-electron chi connectivity index (χ3n) is 4.81. The minimum atomic E-state index is 0.309. The van der Waals surface area contributed by atoms with Gasteiger partial charge < -0.3 is 0 Å². The molecule has 0 aromatic rings. The lowest BCUT2D eigenvalue weighted by Crippen LogP contribution is -2.45. The van der Waals surface area contributed by atoms with E-state index in [0.717, 1.165) is 5.75 Å². The van der Waals surface area contributed by atoms with Crippen molar-refractivity contribution in [1.29, 1.82) is 0 Å². The Morgan fingerprint density at radius 2 is 1.75 bits per heavy atom. The number of hydrogen-bond acceptors (Lipinski definition) is 2. The van der Waals surface area contributed by atoms with Crippen LogP contribution in [0.15, 0.2) is 0 Å². The van der Waals surface area contributed by atoms with Crippen LogP contribution in [0, 0.1) is 10.8 Å². The van der Waals surface area contributed by atoms with Crippen molar-refractivity contribution in [1.82, 2.24) is 4.90 Å². The summed E-state index contributed by atoms with van der Waals surface area (Å²) in [5.41, 5.74) is 1.11. The molecule has 1 unspecified atom stereocenters. The first-order valence-electron chi connectivity index (χ1n) is 6.54. The number of rotatable bonds is 3. The number of thiol groups is 1. The molecule has 0 N–H and O–H groups in total. The number of hydrogen-bond donors (Lipinski definition) is 1. The Hall–Kier alpha value is 0.310. The standard InChI is InChI=1S/C14H29NS/c1-7-14(13(5,6)11-16)8-9-15(10-14)12(2,3)4/h16H,7-11H2,1-6H3. The molecule has 1 rings (SSSR count). The van der Waals surface area contributed by atoms with Crippen molar-refractivity contribution >= 4 is 12.6 Å². The Kier molecular flexibility index (Phi) is 4.07. The van der Waals surface area contributed by atoms with Crippen LogP contribution in [-0.4, -0.2) is 29.3 Å². The molecule has 0 radical (unpaired) electrons. The maximum Gasteiger partial charge on any atom is 0.0125 e. The second kappa shape index (κ2) is 4.53. The summed E-state index contributed by atoms with van der Waals surface area (Å²) in [6.45, 7) is 16.6. The van der Waals surface area contributed by atoms with Gasteiger partial charge in [0.2, 0.25) is 0 Å². The van der Waals surface area contributed by atoms with E-state index < -0.39 is 0 Å². The molecule has 1 aliphatic rings. The average molecular weight is 243 g/mol. The third-order valence-corrected chi connectivity index (χ3v) is 5.60. The molecule has 0 aliphatic carbocycles. The van der Waals surface area contributed by atoms with Gasteiger partial charge in [0.05, 0.1) is 0 Å². The van der Waals surface area contributed by atoms with Crippen molar-refractivity contribution in [2.45, 2.75) is 59.9 Å². The minimum absolute atomic E-state index is 0.309. The highest BCUT2D eigenvalue weighted by molar-refractivity contribution is 7.80. The fourth-order valence-electron chi connectivity index (χ4n) is 2.93. The van der Waals surface area contributed by atoms with Gasteiger partial charge in [-0.05, 0) is 56.7 Å². The Morgan fingerprint density at radius 1 is 1.19 bits per heavy atom. The monoisotopic (exact) mass is 243 g/mol. The zero-order chi connectivity index (χ0) is 12.6. The molecule has 96 valence electrons. The van der Waals surface area contributed by atoms with E-state index in [4.69, 9.17) is 0 Å². The highest BCUT2D eigenvalue weighted by Crippen LogP contribution is 2.50. The zero-order valence-corrected chi connectivity index (χ0v) is 12.8. The lowest BCUT2D eigenvalue weighted by molar-refractivity contribution is 0.0705. The summed E-state index contributed by atoms with van der Waals surface area (Å²) in [7, 11) is 0. The first-order valence-corrected chi connectivity index (χ1v) is 7.18. The van der Waals surface area contributed by atoms with Crippen LogP contribution in [0.1, 0.15) is 54.4 Å². The van der Waals surface area contributed by atoms with Crippen molar-refractivity contribution in [3.63, 3.8) is 0 Å². The maximum absolute atomic E-state index is 4.57. The van der Waals surface area contributed by atoms with Crippen LogP contribution in [-0.2, 0) is 0 Å². The van der Waals surface area contributed by atoms with Gasteiger partial charge in [0.25, 0.3) is 0 Å². The van der Waals surface area contributed by atoms with Gasteiger partial charge in [-0.3, -0.25) is 4.90 Å². The van der Waals surface area contributed by atoms with E-state index in [1.54, 1.807) is 0 Å². The molecule has 0 spiro atoms. The predicted octanol–water partition coefficient (Wildman–Crippen LogP) is 3.84. The largest absolute Gasteiger partial charge is 0.298 e. The molecule has 2 heteroatoms. The summed E-state index contributed by atoms with van der Waals surface area (Å²) in [5, 5.41) is 0. The van der Waals surface area contributed by atoms with Crippen LogP contribution in [0.5, 0.6) is 0 Å². The van der Waals surface area contributed by atoms with Gasteiger partial charge in [0, 0.05) is 12.1 Å². The number of likely N-dealkylation sites (tertiary alicyclic amines) is 1. The van der Waals surface area contributed by atoms with Gasteiger partial charge in [-0.15, -0.1) is 0 Å². The van der Waals surface area contributed by atoms with Gasteiger partial charge in [-0.1, -0.05) is 20.8 Å². The quantitative estimate of drug-likeness (QED) is 0.737. The summed E-state index contributed by atoms with van der Waals surface area (Å²) in [4.78, 5) is 2.64. The zero-order valence-electron chi connectivity index (χ0n) is 11.9. The second-order valence-electron chi connectivity index (χ2n) is 7.02. The van der Waals surface area contributed by atoms with Crippen LogP contribution in [0.4, 0.5) is 0 Å². The summed E-state index contributed by atoms with van der Waals surface area (Å²) in [6.07, 6.45) is 2.60. The van der Waals surface area contributed by atoms with Gasteiger partial charge in [0.15, 0.2) is 0 Å². The van der Waals surface area contributed by atoms with E-state index in [2.05, 4.69) is 59.1 Å². The molecule has 0 saturated carbocycles. The van der Waals surface area contributed by atoms with Crippen molar-refractivity contribution in [2.75, 3.05) is 18.8 Å². The molecule has 1 saturated heterocycles. The SMILES string of the molecule is CCC1(C(C)(C)CS)CCN(C(C)(C)C)C1. The predicted molar refractivity (Wildman–Crippen MR) is 76.3 cm³/mol. The molecule has 0 aromatic heterocycles. The lowest BCUT2D eigenvalue weighted by atomic mass is 9.64. The normalized spacial score (nSPS) is 28.7. The minimum Gasteiger partial charge on any atom is -0.298 e. The van der Waals surface area contributed by atoms with E-state index in [9.17, 15) is 0 Å². The molecule has 1 heterocycles. The fraction of sp³-hybridized carbons (Fsp3) is 1.00.